The Labute approximate surface area is 83.0 Å². The first-order chi connectivity index (χ1) is 6.83. The molecule has 0 aromatic carbocycles. The number of hydrogen-bond acceptors (Lipinski definition) is 2. The van der Waals surface area contributed by atoms with Crippen molar-refractivity contribution in [3.8, 4) is 0 Å². The third-order valence-corrected chi connectivity index (χ3v) is 2.35. The molecule has 1 aromatic rings. The average molecular weight is 191 g/mol. The normalized spacial score (nSPS) is 19.1. The molecule has 74 valence electrons. The largest absolute Gasteiger partial charge is 0.464 e. The lowest BCUT2D eigenvalue weighted by Crippen LogP contribution is -2.23. The van der Waals surface area contributed by atoms with Crippen molar-refractivity contribution in [2.75, 3.05) is 6.61 Å². The van der Waals surface area contributed by atoms with E-state index >= 15 is 0 Å². The minimum atomic E-state index is -0.176. The standard InChI is InChI=1S/C11H13NO2/c1-2-14-11(13)10-7-3-5-9-6-4-8-12(9)10/h3-6,8,10H,2,7H2,1H3/t10-/m0/s1. The molecule has 1 aliphatic rings. The van der Waals surface area contributed by atoms with Crippen LogP contribution in [0, 0.1) is 0 Å². The first-order valence-electron chi connectivity index (χ1n) is 4.83. The van der Waals surface area contributed by atoms with Crippen molar-refractivity contribution in [1.82, 2.24) is 4.57 Å². The van der Waals surface area contributed by atoms with Crippen molar-refractivity contribution in [3.05, 3.63) is 30.1 Å². The lowest BCUT2D eigenvalue weighted by atomic mass is 10.1. The number of aromatic nitrogens is 1. The third-order valence-electron chi connectivity index (χ3n) is 2.35. The summed E-state index contributed by atoms with van der Waals surface area (Å²) in [5.74, 6) is -0.144. The van der Waals surface area contributed by atoms with Crippen LogP contribution >= 0.6 is 0 Å². The molecule has 2 rings (SSSR count). The molecular formula is C11H13NO2. The van der Waals surface area contributed by atoms with Crippen LogP contribution in [0.2, 0.25) is 0 Å². The fourth-order valence-corrected chi connectivity index (χ4v) is 1.71. The molecule has 1 aliphatic heterocycles. The molecule has 2 heterocycles. The molecule has 3 nitrogen and oxygen atoms in total. The van der Waals surface area contributed by atoms with Crippen LogP contribution in [0.4, 0.5) is 0 Å². The minimum Gasteiger partial charge on any atom is -0.464 e. The van der Waals surface area contributed by atoms with Crippen molar-refractivity contribution in [2.24, 2.45) is 0 Å². The van der Waals surface area contributed by atoms with Crippen LogP contribution < -0.4 is 0 Å². The smallest absolute Gasteiger partial charge is 0.329 e. The Morgan fingerprint density at radius 3 is 3.36 bits per heavy atom. The van der Waals surface area contributed by atoms with Gasteiger partial charge in [-0.15, -0.1) is 0 Å². The summed E-state index contributed by atoms with van der Waals surface area (Å²) in [6.45, 7) is 2.27. The van der Waals surface area contributed by atoms with Crippen LogP contribution in [-0.2, 0) is 9.53 Å². The van der Waals surface area contributed by atoms with E-state index in [0.717, 1.165) is 12.1 Å². The van der Waals surface area contributed by atoms with E-state index in [1.54, 1.807) is 0 Å². The van der Waals surface area contributed by atoms with Crippen LogP contribution in [0.5, 0.6) is 0 Å². The molecule has 0 saturated carbocycles. The molecule has 0 spiro atoms. The van der Waals surface area contributed by atoms with Crippen LogP contribution in [-0.4, -0.2) is 17.1 Å². The molecule has 0 fully saturated rings. The SMILES string of the molecule is CCOC(=O)[C@@H]1CC=Cc2cccn21. The number of ether oxygens (including phenoxy) is 1. The fraction of sp³-hybridized carbons (Fsp3) is 0.364. The summed E-state index contributed by atoms with van der Waals surface area (Å²) in [6, 6.07) is 3.75. The molecule has 0 amide bonds. The van der Waals surface area contributed by atoms with E-state index in [1.165, 1.54) is 0 Å². The van der Waals surface area contributed by atoms with Gasteiger partial charge in [0.2, 0.25) is 0 Å². The highest BCUT2D eigenvalue weighted by Gasteiger charge is 2.23. The summed E-state index contributed by atoms with van der Waals surface area (Å²) in [4.78, 5) is 11.6. The zero-order valence-corrected chi connectivity index (χ0v) is 8.14. The number of hydrogen-bond donors (Lipinski definition) is 0. The Balaban J connectivity index is 2.24. The lowest BCUT2D eigenvalue weighted by Gasteiger charge is -2.20. The van der Waals surface area contributed by atoms with E-state index < -0.39 is 0 Å². The molecule has 0 radical (unpaired) electrons. The lowest BCUT2D eigenvalue weighted by molar-refractivity contribution is -0.147. The Kier molecular flexibility index (Phi) is 2.39. The fourth-order valence-electron chi connectivity index (χ4n) is 1.71. The summed E-state index contributed by atoms with van der Waals surface area (Å²) in [7, 11) is 0. The van der Waals surface area contributed by atoms with Gasteiger partial charge in [0.25, 0.3) is 0 Å². The van der Waals surface area contributed by atoms with Crippen molar-refractivity contribution >= 4 is 12.0 Å². The first-order valence-corrected chi connectivity index (χ1v) is 4.83. The van der Waals surface area contributed by atoms with Gasteiger partial charge in [0, 0.05) is 11.9 Å². The molecule has 3 heteroatoms. The van der Waals surface area contributed by atoms with E-state index in [2.05, 4.69) is 0 Å². The molecule has 0 unspecified atom stereocenters. The van der Waals surface area contributed by atoms with E-state index in [9.17, 15) is 4.79 Å². The van der Waals surface area contributed by atoms with E-state index in [4.69, 9.17) is 4.74 Å². The topological polar surface area (TPSA) is 31.2 Å². The summed E-state index contributed by atoms with van der Waals surface area (Å²) >= 11 is 0. The van der Waals surface area contributed by atoms with E-state index in [-0.39, 0.29) is 12.0 Å². The van der Waals surface area contributed by atoms with Gasteiger partial charge in [-0.2, -0.15) is 0 Å². The quantitative estimate of drug-likeness (QED) is 0.669. The predicted molar refractivity (Wildman–Crippen MR) is 53.8 cm³/mol. The van der Waals surface area contributed by atoms with Crippen molar-refractivity contribution in [1.29, 1.82) is 0 Å². The summed E-state index contributed by atoms with van der Waals surface area (Å²) in [5.41, 5.74) is 1.06. The Bertz CT molecular complexity index is 365. The molecule has 14 heavy (non-hydrogen) atoms. The van der Waals surface area contributed by atoms with Gasteiger partial charge < -0.3 is 9.30 Å². The van der Waals surface area contributed by atoms with Crippen LogP contribution in [0.3, 0.4) is 0 Å². The Hall–Kier alpha value is -1.51. The van der Waals surface area contributed by atoms with Gasteiger partial charge in [-0.25, -0.2) is 4.79 Å². The molecule has 1 aromatic heterocycles. The summed E-state index contributed by atoms with van der Waals surface area (Å²) < 4.78 is 6.97. The van der Waals surface area contributed by atoms with Gasteiger partial charge >= 0.3 is 5.97 Å². The number of esters is 1. The number of rotatable bonds is 2. The highest BCUT2D eigenvalue weighted by Crippen LogP contribution is 2.23. The second-order valence-electron chi connectivity index (χ2n) is 3.25. The average Bonchev–Trinajstić information content (AvgIpc) is 2.65. The van der Waals surface area contributed by atoms with Crippen LogP contribution in [0.15, 0.2) is 24.4 Å². The number of nitrogens with zero attached hydrogens (tertiary/aromatic N) is 1. The monoisotopic (exact) mass is 191 g/mol. The highest BCUT2D eigenvalue weighted by molar-refractivity contribution is 5.76. The van der Waals surface area contributed by atoms with Gasteiger partial charge in [-0.05, 0) is 31.6 Å². The molecule has 0 N–H and O–H groups in total. The molecule has 0 saturated heterocycles. The van der Waals surface area contributed by atoms with Crippen LogP contribution in [0.1, 0.15) is 25.1 Å². The highest BCUT2D eigenvalue weighted by atomic mass is 16.5. The number of fused-ring (bicyclic) bond motifs is 1. The first kappa shape index (κ1) is 9.06. The maximum absolute atomic E-state index is 11.6. The number of allylic oxidation sites excluding steroid dienone is 1. The second-order valence-corrected chi connectivity index (χ2v) is 3.25. The minimum absolute atomic E-state index is 0.144. The van der Waals surface area contributed by atoms with Gasteiger partial charge in [-0.3, -0.25) is 0 Å². The molecule has 1 atom stereocenters. The van der Waals surface area contributed by atoms with Crippen LogP contribution in [0.25, 0.3) is 6.08 Å². The Morgan fingerprint density at radius 1 is 1.71 bits per heavy atom. The molecular weight excluding hydrogens is 178 g/mol. The van der Waals surface area contributed by atoms with E-state index in [1.807, 2.05) is 42.0 Å². The zero-order valence-electron chi connectivity index (χ0n) is 8.14. The zero-order chi connectivity index (χ0) is 9.97. The molecule has 0 bridgehead atoms. The Morgan fingerprint density at radius 2 is 2.57 bits per heavy atom. The maximum Gasteiger partial charge on any atom is 0.329 e. The predicted octanol–water partition coefficient (Wildman–Crippen LogP) is 2.01. The van der Waals surface area contributed by atoms with Crippen molar-refractivity contribution in [2.45, 2.75) is 19.4 Å². The van der Waals surface area contributed by atoms with Gasteiger partial charge in [0.1, 0.15) is 6.04 Å². The van der Waals surface area contributed by atoms with Gasteiger partial charge in [-0.1, -0.05) is 6.08 Å². The van der Waals surface area contributed by atoms with Crippen molar-refractivity contribution < 1.29 is 9.53 Å². The van der Waals surface area contributed by atoms with Gasteiger partial charge in [0.15, 0.2) is 0 Å². The third kappa shape index (κ3) is 1.45. The summed E-state index contributed by atoms with van der Waals surface area (Å²) in [5, 5.41) is 0. The maximum atomic E-state index is 11.6. The second kappa shape index (κ2) is 3.70. The number of carbonyl (C=O) groups is 1. The van der Waals surface area contributed by atoms with Gasteiger partial charge in [0.05, 0.1) is 6.61 Å². The number of carbonyl (C=O) groups excluding carboxylic acids is 1. The summed E-state index contributed by atoms with van der Waals surface area (Å²) in [6.07, 6.45) is 6.67. The van der Waals surface area contributed by atoms with E-state index in [0.29, 0.717) is 6.61 Å². The molecule has 0 aliphatic carbocycles. The van der Waals surface area contributed by atoms with Crippen molar-refractivity contribution in [3.63, 3.8) is 0 Å².